The van der Waals surface area contributed by atoms with Crippen LogP contribution in [0, 0.1) is 0 Å². The van der Waals surface area contributed by atoms with Gasteiger partial charge < -0.3 is 10.0 Å². The number of aliphatic hydroxyl groups is 1. The van der Waals surface area contributed by atoms with Crippen LogP contribution in [-0.4, -0.2) is 54.1 Å². The van der Waals surface area contributed by atoms with Crippen LogP contribution in [0.25, 0.3) is 0 Å². The van der Waals surface area contributed by atoms with Crippen molar-refractivity contribution in [2.45, 2.75) is 25.9 Å². The molecule has 1 aromatic carbocycles. The first-order valence-corrected chi connectivity index (χ1v) is 6.59. The lowest BCUT2D eigenvalue weighted by Crippen LogP contribution is -2.42. The van der Waals surface area contributed by atoms with Crippen molar-refractivity contribution >= 4 is 5.91 Å². The molecule has 1 N–H and O–H groups in total. The Morgan fingerprint density at radius 2 is 1.79 bits per heavy atom. The van der Waals surface area contributed by atoms with Gasteiger partial charge in [0.15, 0.2) is 0 Å². The van der Waals surface area contributed by atoms with Crippen LogP contribution < -0.4 is 0 Å². The lowest BCUT2D eigenvalue weighted by atomic mass is 10.1. The van der Waals surface area contributed by atoms with Crippen LogP contribution in [0.1, 0.15) is 25.5 Å². The second-order valence-electron chi connectivity index (χ2n) is 5.04. The van der Waals surface area contributed by atoms with E-state index in [-0.39, 0.29) is 24.6 Å². The second kappa shape index (κ2) is 7.26. The number of hydrogen-bond acceptors (Lipinski definition) is 3. The normalized spacial score (nSPS) is 14.2. The number of rotatable bonds is 6. The molecule has 0 aliphatic heterocycles. The molecule has 4 nitrogen and oxygen atoms in total. The molecule has 1 rings (SSSR count). The fraction of sp³-hybridized carbons (Fsp3) is 0.533. The Labute approximate surface area is 115 Å². The maximum absolute atomic E-state index is 12.2. The molecular formula is C15H24N2O2. The van der Waals surface area contributed by atoms with Gasteiger partial charge in [-0.2, -0.15) is 0 Å². The smallest absolute Gasteiger partial charge is 0.236 e. The van der Waals surface area contributed by atoms with Crippen LogP contribution in [-0.2, 0) is 4.79 Å². The fourth-order valence-electron chi connectivity index (χ4n) is 1.79. The maximum Gasteiger partial charge on any atom is 0.236 e. The molecule has 2 atom stereocenters. The number of nitrogens with zero attached hydrogens (tertiary/aromatic N) is 2. The predicted octanol–water partition coefficient (Wildman–Crippen LogP) is 1.52. The molecular weight excluding hydrogens is 240 g/mol. The largest absolute Gasteiger partial charge is 0.395 e. The molecule has 0 radical (unpaired) electrons. The third kappa shape index (κ3) is 4.33. The molecule has 0 spiro atoms. The van der Waals surface area contributed by atoms with Crippen LogP contribution in [0.4, 0.5) is 0 Å². The molecule has 19 heavy (non-hydrogen) atoms. The highest BCUT2D eigenvalue weighted by atomic mass is 16.3. The molecule has 0 saturated heterocycles. The van der Waals surface area contributed by atoms with Gasteiger partial charge in [-0.05, 0) is 26.5 Å². The number of carbonyl (C=O) groups excluding carboxylic acids is 1. The average Bonchev–Trinajstić information content (AvgIpc) is 2.45. The van der Waals surface area contributed by atoms with Crippen LogP contribution in [0.2, 0.25) is 0 Å². The summed E-state index contributed by atoms with van der Waals surface area (Å²) in [6.45, 7) is 4.29. The second-order valence-corrected chi connectivity index (χ2v) is 5.04. The SMILES string of the molecule is CC(CO)N(C)CC(=O)N(C)C(C)c1ccccc1. The zero-order chi connectivity index (χ0) is 14.4. The Hall–Kier alpha value is -1.39. The molecule has 1 aromatic rings. The lowest BCUT2D eigenvalue weighted by molar-refractivity contribution is -0.133. The van der Waals surface area contributed by atoms with Gasteiger partial charge in [-0.25, -0.2) is 0 Å². The van der Waals surface area contributed by atoms with E-state index < -0.39 is 0 Å². The average molecular weight is 264 g/mol. The van der Waals surface area contributed by atoms with E-state index in [1.165, 1.54) is 0 Å². The van der Waals surface area contributed by atoms with Crippen LogP contribution >= 0.6 is 0 Å². The zero-order valence-corrected chi connectivity index (χ0v) is 12.2. The van der Waals surface area contributed by atoms with E-state index in [9.17, 15) is 4.79 Å². The van der Waals surface area contributed by atoms with Crippen molar-refractivity contribution in [3.05, 3.63) is 35.9 Å². The Morgan fingerprint density at radius 3 is 2.32 bits per heavy atom. The van der Waals surface area contributed by atoms with Gasteiger partial charge in [-0.3, -0.25) is 9.69 Å². The standard InChI is InChI=1S/C15H24N2O2/c1-12(11-18)16(3)10-15(19)17(4)13(2)14-8-6-5-7-9-14/h5-9,12-13,18H,10-11H2,1-4H3. The first-order chi connectivity index (χ1) is 8.97. The molecule has 0 bridgehead atoms. The first-order valence-electron chi connectivity index (χ1n) is 6.59. The summed E-state index contributed by atoms with van der Waals surface area (Å²) in [5, 5.41) is 9.08. The first kappa shape index (κ1) is 15.7. The van der Waals surface area contributed by atoms with Gasteiger partial charge in [0.05, 0.1) is 19.2 Å². The van der Waals surface area contributed by atoms with Gasteiger partial charge in [0.25, 0.3) is 0 Å². The summed E-state index contributed by atoms with van der Waals surface area (Å²) in [6, 6.07) is 10.0. The van der Waals surface area contributed by atoms with Crippen molar-refractivity contribution in [2.75, 3.05) is 27.2 Å². The number of benzene rings is 1. The molecule has 0 aliphatic rings. The van der Waals surface area contributed by atoms with E-state index in [0.29, 0.717) is 6.54 Å². The van der Waals surface area contributed by atoms with E-state index >= 15 is 0 Å². The van der Waals surface area contributed by atoms with Crippen LogP contribution in [0.15, 0.2) is 30.3 Å². The van der Waals surface area contributed by atoms with Crippen molar-refractivity contribution < 1.29 is 9.90 Å². The molecule has 106 valence electrons. The van der Waals surface area contributed by atoms with Crippen LogP contribution in [0.3, 0.4) is 0 Å². The topological polar surface area (TPSA) is 43.8 Å². The molecule has 0 fully saturated rings. The zero-order valence-electron chi connectivity index (χ0n) is 12.2. The van der Waals surface area contributed by atoms with Crippen molar-refractivity contribution in [3.8, 4) is 0 Å². The third-order valence-corrected chi connectivity index (χ3v) is 3.66. The van der Waals surface area contributed by atoms with E-state index in [1.54, 1.807) is 4.90 Å². The number of carbonyl (C=O) groups is 1. The fourth-order valence-corrected chi connectivity index (χ4v) is 1.79. The van der Waals surface area contributed by atoms with E-state index in [4.69, 9.17) is 5.11 Å². The van der Waals surface area contributed by atoms with Crippen LogP contribution in [0.5, 0.6) is 0 Å². The summed E-state index contributed by atoms with van der Waals surface area (Å²) in [5.41, 5.74) is 1.12. The van der Waals surface area contributed by atoms with Crippen molar-refractivity contribution in [3.63, 3.8) is 0 Å². The number of aliphatic hydroxyl groups excluding tert-OH is 1. The van der Waals surface area contributed by atoms with E-state index in [0.717, 1.165) is 5.56 Å². The van der Waals surface area contributed by atoms with Gasteiger partial charge in [0.1, 0.15) is 0 Å². The molecule has 2 unspecified atom stereocenters. The Bertz CT molecular complexity index is 394. The van der Waals surface area contributed by atoms with Gasteiger partial charge in [-0.1, -0.05) is 30.3 Å². The minimum Gasteiger partial charge on any atom is -0.395 e. The summed E-state index contributed by atoms with van der Waals surface area (Å²) in [4.78, 5) is 15.8. The van der Waals surface area contributed by atoms with Gasteiger partial charge in [-0.15, -0.1) is 0 Å². The summed E-state index contributed by atoms with van der Waals surface area (Å²) in [6.07, 6.45) is 0. The minimum absolute atomic E-state index is 0.00983. The minimum atomic E-state index is -0.00983. The van der Waals surface area contributed by atoms with Crippen molar-refractivity contribution in [2.24, 2.45) is 0 Å². The summed E-state index contributed by atoms with van der Waals surface area (Å²) in [7, 11) is 3.66. The van der Waals surface area contributed by atoms with E-state index in [1.807, 2.05) is 63.2 Å². The summed E-state index contributed by atoms with van der Waals surface area (Å²) >= 11 is 0. The molecule has 0 saturated carbocycles. The number of hydrogen-bond donors (Lipinski definition) is 1. The highest BCUT2D eigenvalue weighted by Gasteiger charge is 2.20. The summed E-state index contributed by atoms with van der Waals surface area (Å²) in [5.74, 6) is 0.0548. The summed E-state index contributed by atoms with van der Waals surface area (Å²) < 4.78 is 0. The number of amides is 1. The molecule has 1 amide bonds. The van der Waals surface area contributed by atoms with Gasteiger partial charge in [0, 0.05) is 13.1 Å². The maximum atomic E-state index is 12.2. The molecule has 4 heteroatoms. The predicted molar refractivity (Wildman–Crippen MR) is 76.8 cm³/mol. The highest BCUT2D eigenvalue weighted by Crippen LogP contribution is 2.18. The molecule has 0 aromatic heterocycles. The molecule has 0 heterocycles. The lowest BCUT2D eigenvalue weighted by Gasteiger charge is -2.29. The van der Waals surface area contributed by atoms with E-state index in [2.05, 4.69) is 0 Å². The Balaban J connectivity index is 2.62. The number of likely N-dealkylation sites (N-methyl/N-ethyl adjacent to an activating group) is 2. The Kier molecular flexibility index (Phi) is 5.99. The third-order valence-electron chi connectivity index (χ3n) is 3.66. The highest BCUT2D eigenvalue weighted by molar-refractivity contribution is 5.78. The molecule has 0 aliphatic carbocycles. The van der Waals surface area contributed by atoms with Gasteiger partial charge >= 0.3 is 0 Å². The van der Waals surface area contributed by atoms with Crippen molar-refractivity contribution in [1.29, 1.82) is 0 Å². The van der Waals surface area contributed by atoms with Crippen molar-refractivity contribution in [1.82, 2.24) is 9.80 Å². The monoisotopic (exact) mass is 264 g/mol. The Morgan fingerprint density at radius 1 is 1.21 bits per heavy atom. The quantitative estimate of drug-likeness (QED) is 0.847. The van der Waals surface area contributed by atoms with Gasteiger partial charge in [0.2, 0.25) is 5.91 Å².